The Morgan fingerprint density at radius 3 is 2.32 bits per heavy atom. The molecule has 4 N–H and O–H groups in total. The Morgan fingerprint density at radius 1 is 1.26 bits per heavy atom. The van der Waals surface area contributed by atoms with Crippen LogP contribution in [-0.2, 0) is 16.0 Å². The number of nitrogens with two attached hydrogens (primary N) is 1. The summed E-state index contributed by atoms with van der Waals surface area (Å²) >= 11 is 0. The number of rotatable bonds is 6. The molecule has 1 rings (SSSR count). The van der Waals surface area contributed by atoms with Crippen molar-refractivity contribution in [2.45, 2.75) is 32.7 Å². The second-order valence-electron chi connectivity index (χ2n) is 4.73. The fourth-order valence-electron chi connectivity index (χ4n) is 1.50. The Balaban J connectivity index is 2.57. The van der Waals surface area contributed by atoms with E-state index in [0.717, 1.165) is 5.56 Å². The summed E-state index contributed by atoms with van der Waals surface area (Å²) in [5.41, 5.74) is 7.29. The molecule has 1 aromatic carbocycles. The van der Waals surface area contributed by atoms with Gasteiger partial charge in [0.2, 0.25) is 5.91 Å². The summed E-state index contributed by atoms with van der Waals surface area (Å²) in [5, 5.41) is 11.4. The number of hydrogen-bond acceptors (Lipinski definition) is 3. The highest BCUT2D eigenvalue weighted by Gasteiger charge is 2.16. The van der Waals surface area contributed by atoms with E-state index >= 15 is 0 Å². The maximum absolute atomic E-state index is 11.8. The lowest BCUT2D eigenvalue weighted by molar-refractivity contribution is -0.137. The summed E-state index contributed by atoms with van der Waals surface area (Å²) < 4.78 is 0. The Bertz CT molecular complexity index is 441. The minimum Gasteiger partial charge on any atom is -0.481 e. The number of carboxylic acid groups (broad SMARTS) is 1. The standard InChI is InChI=1S/C14H20N2O3/c1-9(10(2)15)14(19)16-12-6-3-11(4-7-12)5-8-13(17)18/h3-4,6-7,9-10H,5,8,15H2,1-2H3,(H,16,19)(H,17,18). The third kappa shape index (κ3) is 5.09. The number of amides is 1. The molecule has 0 radical (unpaired) electrons. The second-order valence-corrected chi connectivity index (χ2v) is 4.73. The number of benzene rings is 1. The van der Waals surface area contributed by atoms with Crippen LogP contribution in [0, 0.1) is 5.92 Å². The first-order chi connectivity index (χ1) is 8.90. The van der Waals surface area contributed by atoms with E-state index in [1.165, 1.54) is 0 Å². The van der Waals surface area contributed by atoms with Gasteiger partial charge >= 0.3 is 5.97 Å². The van der Waals surface area contributed by atoms with Crippen molar-refractivity contribution < 1.29 is 14.7 Å². The van der Waals surface area contributed by atoms with Gasteiger partial charge in [-0.25, -0.2) is 0 Å². The molecule has 0 aliphatic carbocycles. The molecule has 5 nitrogen and oxygen atoms in total. The van der Waals surface area contributed by atoms with Crippen LogP contribution in [0.25, 0.3) is 0 Å². The SMILES string of the molecule is CC(N)C(C)C(=O)Nc1ccc(CCC(=O)O)cc1. The number of carboxylic acids is 1. The first-order valence-electron chi connectivity index (χ1n) is 6.27. The molecular formula is C14H20N2O3. The Hall–Kier alpha value is -1.88. The van der Waals surface area contributed by atoms with Crippen LogP contribution in [0.15, 0.2) is 24.3 Å². The zero-order valence-corrected chi connectivity index (χ0v) is 11.2. The van der Waals surface area contributed by atoms with E-state index in [1.54, 1.807) is 26.0 Å². The number of anilines is 1. The van der Waals surface area contributed by atoms with Gasteiger partial charge in [-0.3, -0.25) is 9.59 Å². The largest absolute Gasteiger partial charge is 0.481 e. The molecule has 2 atom stereocenters. The first kappa shape index (κ1) is 15.2. The number of aryl methyl sites for hydroxylation is 1. The maximum atomic E-state index is 11.8. The van der Waals surface area contributed by atoms with E-state index in [4.69, 9.17) is 10.8 Å². The van der Waals surface area contributed by atoms with E-state index in [0.29, 0.717) is 12.1 Å². The monoisotopic (exact) mass is 264 g/mol. The van der Waals surface area contributed by atoms with Crippen molar-refractivity contribution >= 4 is 17.6 Å². The van der Waals surface area contributed by atoms with Gasteiger partial charge in [0.1, 0.15) is 0 Å². The Labute approximate surface area is 112 Å². The lowest BCUT2D eigenvalue weighted by atomic mass is 10.0. The Morgan fingerprint density at radius 2 is 1.84 bits per heavy atom. The van der Waals surface area contributed by atoms with Crippen LogP contribution in [0.5, 0.6) is 0 Å². The molecule has 104 valence electrons. The highest BCUT2D eigenvalue weighted by atomic mass is 16.4. The average molecular weight is 264 g/mol. The summed E-state index contributed by atoms with van der Waals surface area (Å²) in [5.74, 6) is -1.19. The summed E-state index contributed by atoms with van der Waals surface area (Å²) in [6.45, 7) is 3.57. The van der Waals surface area contributed by atoms with Crippen LogP contribution >= 0.6 is 0 Å². The van der Waals surface area contributed by atoms with Crippen LogP contribution in [0.1, 0.15) is 25.8 Å². The van der Waals surface area contributed by atoms with Crippen LogP contribution in [-0.4, -0.2) is 23.0 Å². The molecule has 0 saturated heterocycles. The van der Waals surface area contributed by atoms with Gasteiger partial charge in [0.15, 0.2) is 0 Å². The molecule has 0 aliphatic rings. The molecule has 0 aliphatic heterocycles. The van der Waals surface area contributed by atoms with Gasteiger partial charge in [-0.1, -0.05) is 19.1 Å². The van der Waals surface area contributed by atoms with E-state index < -0.39 is 5.97 Å². The smallest absolute Gasteiger partial charge is 0.303 e. The zero-order valence-electron chi connectivity index (χ0n) is 11.2. The van der Waals surface area contributed by atoms with Crippen molar-refractivity contribution in [1.29, 1.82) is 0 Å². The molecule has 2 unspecified atom stereocenters. The van der Waals surface area contributed by atoms with Crippen molar-refractivity contribution in [3.63, 3.8) is 0 Å². The van der Waals surface area contributed by atoms with Crippen LogP contribution in [0.2, 0.25) is 0 Å². The van der Waals surface area contributed by atoms with Gasteiger partial charge in [-0.15, -0.1) is 0 Å². The van der Waals surface area contributed by atoms with E-state index in [9.17, 15) is 9.59 Å². The molecule has 1 aromatic rings. The van der Waals surface area contributed by atoms with Crippen molar-refractivity contribution in [3.8, 4) is 0 Å². The molecule has 0 heterocycles. The van der Waals surface area contributed by atoms with E-state index in [-0.39, 0.29) is 24.3 Å². The molecular weight excluding hydrogens is 244 g/mol. The molecule has 0 saturated carbocycles. The van der Waals surface area contributed by atoms with Gasteiger partial charge < -0.3 is 16.2 Å². The first-order valence-corrected chi connectivity index (χ1v) is 6.27. The summed E-state index contributed by atoms with van der Waals surface area (Å²) in [4.78, 5) is 22.2. The summed E-state index contributed by atoms with van der Waals surface area (Å²) in [7, 11) is 0. The predicted molar refractivity (Wildman–Crippen MR) is 73.8 cm³/mol. The Kier molecular flexibility index (Phi) is 5.51. The predicted octanol–water partition coefficient (Wildman–Crippen LogP) is 1.63. The van der Waals surface area contributed by atoms with E-state index in [1.807, 2.05) is 12.1 Å². The fraction of sp³-hybridized carbons (Fsp3) is 0.429. The zero-order chi connectivity index (χ0) is 14.4. The topological polar surface area (TPSA) is 92.4 Å². The van der Waals surface area contributed by atoms with Gasteiger partial charge in [0, 0.05) is 18.2 Å². The third-order valence-corrected chi connectivity index (χ3v) is 3.05. The highest BCUT2D eigenvalue weighted by Crippen LogP contribution is 2.13. The number of carbonyl (C=O) groups excluding carboxylic acids is 1. The quantitative estimate of drug-likeness (QED) is 0.728. The van der Waals surface area contributed by atoms with Gasteiger partial charge in [-0.05, 0) is 31.0 Å². The lowest BCUT2D eigenvalue weighted by Gasteiger charge is -2.15. The minimum absolute atomic E-state index is 0.105. The number of carbonyl (C=O) groups is 2. The van der Waals surface area contributed by atoms with Crippen LogP contribution in [0.3, 0.4) is 0 Å². The van der Waals surface area contributed by atoms with Crippen LogP contribution in [0.4, 0.5) is 5.69 Å². The molecule has 0 fully saturated rings. The lowest BCUT2D eigenvalue weighted by Crippen LogP contribution is -2.34. The average Bonchev–Trinajstić information content (AvgIpc) is 2.36. The number of nitrogens with one attached hydrogen (secondary N) is 1. The fourth-order valence-corrected chi connectivity index (χ4v) is 1.50. The third-order valence-electron chi connectivity index (χ3n) is 3.05. The van der Waals surface area contributed by atoms with Crippen molar-refractivity contribution in [2.75, 3.05) is 5.32 Å². The van der Waals surface area contributed by atoms with Gasteiger partial charge in [-0.2, -0.15) is 0 Å². The van der Waals surface area contributed by atoms with Crippen molar-refractivity contribution in [3.05, 3.63) is 29.8 Å². The second kappa shape index (κ2) is 6.89. The maximum Gasteiger partial charge on any atom is 0.303 e. The molecule has 5 heteroatoms. The van der Waals surface area contributed by atoms with E-state index in [2.05, 4.69) is 5.32 Å². The van der Waals surface area contributed by atoms with Gasteiger partial charge in [0.05, 0.1) is 5.92 Å². The minimum atomic E-state index is -0.817. The molecule has 0 bridgehead atoms. The molecule has 19 heavy (non-hydrogen) atoms. The summed E-state index contributed by atoms with van der Waals surface area (Å²) in [6, 6.07) is 6.96. The van der Waals surface area contributed by atoms with Crippen molar-refractivity contribution in [2.24, 2.45) is 11.7 Å². The highest BCUT2D eigenvalue weighted by molar-refractivity contribution is 5.92. The van der Waals surface area contributed by atoms with Gasteiger partial charge in [0.25, 0.3) is 0 Å². The van der Waals surface area contributed by atoms with Crippen LogP contribution < -0.4 is 11.1 Å². The molecule has 0 spiro atoms. The normalized spacial score (nSPS) is 13.6. The molecule has 1 amide bonds. The number of hydrogen-bond donors (Lipinski definition) is 3. The number of aliphatic carboxylic acids is 1. The molecule has 0 aromatic heterocycles. The summed E-state index contributed by atoms with van der Waals surface area (Å²) in [6.07, 6.45) is 0.591. The van der Waals surface area contributed by atoms with Crippen molar-refractivity contribution in [1.82, 2.24) is 0 Å².